The lowest BCUT2D eigenvalue weighted by molar-refractivity contribution is -0.123. The van der Waals surface area contributed by atoms with Crippen molar-refractivity contribution in [3.05, 3.63) is 69.3 Å². The van der Waals surface area contributed by atoms with Crippen molar-refractivity contribution >= 4 is 40.6 Å². The second-order valence-corrected chi connectivity index (χ2v) is 6.65. The average Bonchev–Trinajstić information content (AvgIpc) is 2.85. The molecule has 0 aromatic heterocycles. The number of benzene rings is 2. The fourth-order valence-electron chi connectivity index (χ4n) is 2.36. The number of amides is 2. The predicted octanol–water partition coefficient (Wildman–Crippen LogP) is 4.72. The minimum absolute atomic E-state index is 0.120. The Morgan fingerprint density at radius 1 is 1.24 bits per heavy atom. The third-order valence-electron chi connectivity index (χ3n) is 3.64. The van der Waals surface area contributed by atoms with E-state index >= 15 is 0 Å². The number of hydrogen-bond acceptors (Lipinski definition) is 4. The van der Waals surface area contributed by atoms with Gasteiger partial charge in [-0.3, -0.25) is 14.5 Å². The van der Waals surface area contributed by atoms with Gasteiger partial charge in [-0.25, -0.2) is 4.39 Å². The highest BCUT2D eigenvalue weighted by Gasteiger charge is 2.35. The molecule has 1 fully saturated rings. The summed E-state index contributed by atoms with van der Waals surface area (Å²) in [6.45, 7) is -0.203. The molecule has 4 nitrogen and oxygen atoms in total. The second-order valence-electron chi connectivity index (χ2n) is 5.24. The van der Waals surface area contributed by atoms with Crippen LogP contribution < -0.4 is 4.74 Å². The Labute approximate surface area is 153 Å². The number of carbonyl (C=O) groups excluding carboxylic acids is 2. The summed E-state index contributed by atoms with van der Waals surface area (Å²) in [4.78, 5) is 25.9. The van der Waals surface area contributed by atoms with Gasteiger partial charge < -0.3 is 4.74 Å². The molecule has 2 aromatic rings. The van der Waals surface area contributed by atoms with Gasteiger partial charge in [-0.2, -0.15) is 0 Å². The van der Waals surface area contributed by atoms with Crippen LogP contribution in [-0.2, 0) is 11.3 Å². The summed E-state index contributed by atoms with van der Waals surface area (Å²) in [5.41, 5.74) is 0.850. The fourth-order valence-corrected chi connectivity index (χ4v) is 3.42. The number of hydrogen-bond donors (Lipinski definition) is 0. The van der Waals surface area contributed by atoms with E-state index in [1.807, 2.05) is 0 Å². The van der Waals surface area contributed by atoms with Crippen LogP contribution in [-0.4, -0.2) is 23.2 Å². The number of thioether (sulfide) groups is 1. The van der Waals surface area contributed by atoms with Crippen molar-refractivity contribution < 1.29 is 18.7 Å². The van der Waals surface area contributed by atoms with Gasteiger partial charge in [0.2, 0.25) is 0 Å². The normalized spacial score (nSPS) is 16.0. The fraction of sp³-hybridized carbons (Fsp3) is 0.111. The summed E-state index contributed by atoms with van der Waals surface area (Å²) in [5.74, 6) is -0.383. The molecule has 3 rings (SSSR count). The molecule has 128 valence electrons. The maximum atomic E-state index is 13.9. The molecule has 2 amide bonds. The zero-order valence-electron chi connectivity index (χ0n) is 13.2. The number of ether oxygens (including phenoxy) is 1. The molecular weight excluding hydrogens is 365 g/mol. The quantitative estimate of drug-likeness (QED) is 0.723. The average molecular weight is 378 g/mol. The Morgan fingerprint density at radius 3 is 2.72 bits per heavy atom. The lowest BCUT2D eigenvalue weighted by atomic mass is 10.2. The van der Waals surface area contributed by atoms with E-state index in [4.69, 9.17) is 16.3 Å². The molecule has 1 heterocycles. The summed E-state index contributed by atoms with van der Waals surface area (Å²) in [5, 5.41) is -0.283. The lowest BCUT2D eigenvalue weighted by Crippen LogP contribution is -2.28. The van der Waals surface area contributed by atoms with Gasteiger partial charge in [-0.15, -0.1) is 0 Å². The van der Waals surface area contributed by atoms with Crippen LogP contribution in [0.4, 0.5) is 9.18 Å². The smallest absolute Gasteiger partial charge is 0.293 e. The Balaban J connectivity index is 1.86. The first-order valence-electron chi connectivity index (χ1n) is 7.32. The van der Waals surface area contributed by atoms with E-state index < -0.39 is 17.0 Å². The Morgan fingerprint density at radius 2 is 2.00 bits per heavy atom. The summed E-state index contributed by atoms with van der Waals surface area (Å²) < 4.78 is 19.1. The van der Waals surface area contributed by atoms with Gasteiger partial charge >= 0.3 is 0 Å². The highest BCUT2D eigenvalue weighted by molar-refractivity contribution is 8.18. The van der Waals surface area contributed by atoms with E-state index in [0.717, 1.165) is 22.2 Å². The van der Waals surface area contributed by atoms with Crippen LogP contribution in [0.15, 0.2) is 47.4 Å². The molecule has 1 saturated heterocycles. The third-order valence-corrected chi connectivity index (χ3v) is 4.90. The Kier molecular flexibility index (Phi) is 5.11. The van der Waals surface area contributed by atoms with Gasteiger partial charge in [-0.05, 0) is 47.7 Å². The molecule has 0 unspecified atom stereocenters. The summed E-state index contributed by atoms with van der Waals surface area (Å²) in [7, 11) is 1.55. The number of rotatable bonds is 4. The number of methoxy groups -OCH3 is 1. The van der Waals surface area contributed by atoms with Crippen LogP contribution >= 0.6 is 23.4 Å². The van der Waals surface area contributed by atoms with Crippen LogP contribution in [0.1, 0.15) is 11.1 Å². The minimum atomic E-state index is -0.552. The van der Waals surface area contributed by atoms with Gasteiger partial charge in [0.1, 0.15) is 11.6 Å². The monoisotopic (exact) mass is 377 g/mol. The molecular formula is C18H13ClFNO3S. The standard InChI is InChI=1S/C18H13ClFNO3S/c1-24-12-5-2-4-11(8-12)9-16-17(22)21(18(23)25-16)10-13-14(19)6-3-7-15(13)20/h2-9H,10H2,1H3/b16-9+. The first-order valence-corrected chi connectivity index (χ1v) is 8.51. The highest BCUT2D eigenvalue weighted by Crippen LogP contribution is 2.34. The lowest BCUT2D eigenvalue weighted by Gasteiger charge is -2.14. The van der Waals surface area contributed by atoms with Crippen LogP contribution in [0.5, 0.6) is 5.75 Å². The molecule has 0 saturated carbocycles. The first-order chi connectivity index (χ1) is 12.0. The molecule has 0 radical (unpaired) electrons. The van der Waals surface area contributed by atoms with E-state index in [9.17, 15) is 14.0 Å². The number of imide groups is 1. The van der Waals surface area contributed by atoms with Crippen LogP contribution in [0.25, 0.3) is 6.08 Å². The van der Waals surface area contributed by atoms with Crippen molar-refractivity contribution in [2.24, 2.45) is 0 Å². The maximum Gasteiger partial charge on any atom is 0.293 e. The number of halogens is 2. The first kappa shape index (κ1) is 17.5. The van der Waals surface area contributed by atoms with E-state index in [-0.39, 0.29) is 22.0 Å². The van der Waals surface area contributed by atoms with Crippen molar-refractivity contribution in [1.29, 1.82) is 0 Å². The molecule has 0 spiro atoms. The Bertz CT molecular complexity index is 864. The molecule has 1 aliphatic heterocycles. The third kappa shape index (κ3) is 3.70. The van der Waals surface area contributed by atoms with Crippen LogP contribution in [0.3, 0.4) is 0 Å². The molecule has 7 heteroatoms. The summed E-state index contributed by atoms with van der Waals surface area (Å²) in [6.07, 6.45) is 1.61. The predicted molar refractivity (Wildman–Crippen MR) is 95.9 cm³/mol. The van der Waals surface area contributed by atoms with Crippen molar-refractivity contribution in [2.45, 2.75) is 6.54 Å². The topological polar surface area (TPSA) is 46.6 Å². The van der Waals surface area contributed by atoms with Gasteiger partial charge in [0, 0.05) is 10.6 Å². The highest BCUT2D eigenvalue weighted by atomic mass is 35.5. The molecule has 25 heavy (non-hydrogen) atoms. The van der Waals surface area contributed by atoms with Crippen LogP contribution in [0.2, 0.25) is 5.02 Å². The number of nitrogens with zero attached hydrogens (tertiary/aromatic N) is 1. The number of carbonyl (C=O) groups is 2. The van der Waals surface area contributed by atoms with E-state index in [2.05, 4.69) is 0 Å². The summed E-state index contributed by atoms with van der Waals surface area (Å²) >= 11 is 6.79. The molecule has 1 aliphatic rings. The summed E-state index contributed by atoms with van der Waals surface area (Å²) in [6, 6.07) is 11.3. The van der Waals surface area contributed by atoms with Crippen molar-refractivity contribution in [2.75, 3.05) is 7.11 Å². The van der Waals surface area contributed by atoms with Gasteiger partial charge in [0.05, 0.1) is 18.6 Å². The second kappa shape index (κ2) is 7.29. The van der Waals surface area contributed by atoms with Crippen LogP contribution in [0, 0.1) is 5.82 Å². The van der Waals surface area contributed by atoms with E-state index in [1.165, 1.54) is 18.2 Å². The van der Waals surface area contributed by atoms with Crippen molar-refractivity contribution in [3.63, 3.8) is 0 Å². The zero-order valence-corrected chi connectivity index (χ0v) is 14.7. The van der Waals surface area contributed by atoms with E-state index in [0.29, 0.717) is 5.75 Å². The molecule has 0 atom stereocenters. The molecule has 0 bridgehead atoms. The molecule has 0 aliphatic carbocycles. The zero-order chi connectivity index (χ0) is 18.0. The minimum Gasteiger partial charge on any atom is -0.497 e. The van der Waals surface area contributed by atoms with E-state index in [1.54, 1.807) is 37.5 Å². The molecule has 2 aromatic carbocycles. The Hall–Kier alpha value is -2.31. The largest absolute Gasteiger partial charge is 0.497 e. The van der Waals surface area contributed by atoms with Gasteiger partial charge in [0.25, 0.3) is 11.1 Å². The van der Waals surface area contributed by atoms with Gasteiger partial charge in [0.15, 0.2) is 0 Å². The van der Waals surface area contributed by atoms with Crippen molar-refractivity contribution in [1.82, 2.24) is 4.90 Å². The van der Waals surface area contributed by atoms with Gasteiger partial charge in [-0.1, -0.05) is 29.8 Å². The SMILES string of the molecule is COc1cccc(/C=C2/SC(=O)N(Cc3c(F)cccc3Cl)C2=O)c1. The maximum absolute atomic E-state index is 13.9. The van der Waals surface area contributed by atoms with Crippen molar-refractivity contribution in [3.8, 4) is 5.75 Å². The molecule has 0 N–H and O–H groups in total.